The predicted octanol–water partition coefficient (Wildman–Crippen LogP) is 5.91. The van der Waals surface area contributed by atoms with Gasteiger partial charge in [0.15, 0.2) is 0 Å². The maximum absolute atomic E-state index is 14.7. The molecule has 2 heterocycles. The molecule has 206 valence electrons. The van der Waals surface area contributed by atoms with Crippen molar-refractivity contribution in [2.45, 2.75) is 57.0 Å². The Labute approximate surface area is 212 Å². The average Bonchev–Trinajstić information content (AvgIpc) is 3.59. The van der Waals surface area contributed by atoms with E-state index in [2.05, 4.69) is 10.3 Å². The van der Waals surface area contributed by atoms with Crippen LogP contribution in [0.5, 0.6) is 0 Å². The highest BCUT2D eigenvalue weighted by Crippen LogP contribution is 2.43. The highest BCUT2D eigenvalue weighted by Gasteiger charge is 2.44. The molecule has 1 aromatic heterocycles. The molecule has 1 unspecified atom stereocenters. The van der Waals surface area contributed by atoms with Crippen LogP contribution in [0.1, 0.15) is 66.0 Å². The predicted molar refractivity (Wildman–Crippen MR) is 117 cm³/mol. The molecule has 2 fully saturated rings. The zero-order valence-electron chi connectivity index (χ0n) is 20.0. The fraction of sp³-hybridized carbons (Fsp3) is 0.480. The van der Waals surface area contributed by atoms with Crippen LogP contribution < -0.4 is 5.32 Å². The first-order chi connectivity index (χ1) is 17.7. The monoisotopic (exact) mass is 549 g/mol. The maximum atomic E-state index is 14.7. The number of pyridine rings is 1. The lowest BCUT2D eigenvalue weighted by Gasteiger charge is -2.27. The molecule has 1 N–H and O–H groups in total. The summed E-state index contributed by atoms with van der Waals surface area (Å²) in [6.45, 7) is 1.87. The number of benzene rings is 1. The molecule has 4 rings (SSSR count). The van der Waals surface area contributed by atoms with Crippen LogP contribution in [0.3, 0.4) is 0 Å². The number of alkyl halides is 6. The summed E-state index contributed by atoms with van der Waals surface area (Å²) in [6.07, 6.45) is -8.18. The number of nitrogens with zero attached hydrogens (tertiary/aromatic N) is 2. The Morgan fingerprint density at radius 3 is 2.32 bits per heavy atom. The Kier molecular flexibility index (Phi) is 7.41. The molecule has 1 aliphatic carbocycles. The molecule has 0 radical (unpaired) electrons. The Bertz CT molecular complexity index is 1230. The van der Waals surface area contributed by atoms with Crippen molar-refractivity contribution in [3.63, 3.8) is 0 Å². The topological polar surface area (TPSA) is 62.3 Å². The van der Waals surface area contributed by atoms with Gasteiger partial charge in [-0.25, -0.2) is 13.8 Å². The van der Waals surface area contributed by atoms with E-state index >= 15 is 0 Å². The zero-order chi connectivity index (χ0) is 28.0. The summed E-state index contributed by atoms with van der Waals surface area (Å²) in [4.78, 5) is 30.9. The van der Waals surface area contributed by atoms with Crippen LogP contribution in [-0.4, -0.2) is 34.3 Å². The van der Waals surface area contributed by atoms with E-state index in [0.717, 1.165) is 17.0 Å². The molecule has 1 saturated heterocycles. The van der Waals surface area contributed by atoms with E-state index in [1.807, 2.05) is 6.92 Å². The zero-order valence-corrected chi connectivity index (χ0v) is 20.0. The van der Waals surface area contributed by atoms with Crippen molar-refractivity contribution in [2.75, 3.05) is 6.54 Å². The summed E-state index contributed by atoms with van der Waals surface area (Å²) < 4.78 is 107. The van der Waals surface area contributed by atoms with Crippen LogP contribution in [0.25, 0.3) is 0 Å². The van der Waals surface area contributed by atoms with Gasteiger partial charge in [-0.15, -0.1) is 0 Å². The van der Waals surface area contributed by atoms with E-state index in [-0.39, 0.29) is 30.9 Å². The van der Waals surface area contributed by atoms with Gasteiger partial charge in [0.2, 0.25) is 5.91 Å². The molecule has 1 aromatic carbocycles. The number of carbonyl (C=O) groups excluding carboxylic acids is 2. The van der Waals surface area contributed by atoms with Crippen LogP contribution >= 0.6 is 0 Å². The molecule has 0 spiro atoms. The molecule has 38 heavy (non-hydrogen) atoms. The Hall–Kier alpha value is -3.25. The molecular weight excluding hydrogens is 526 g/mol. The third-order valence-electron chi connectivity index (χ3n) is 6.91. The van der Waals surface area contributed by atoms with Gasteiger partial charge in [-0.2, -0.15) is 26.3 Å². The van der Waals surface area contributed by atoms with Gasteiger partial charge in [0.1, 0.15) is 29.1 Å². The molecule has 2 aromatic rings. The quantitative estimate of drug-likeness (QED) is 0.456. The first kappa shape index (κ1) is 27.8. The van der Waals surface area contributed by atoms with Gasteiger partial charge in [-0.1, -0.05) is 19.4 Å². The highest BCUT2D eigenvalue weighted by atomic mass is 19.4. The van der Waals surface area contributed by atoms with Crippen molar-refractivity contribution in [3.05, 3.63) is 64.5 Å². The summed E-state index contributed by atoms with van der Waals surface area (Å²) in [7, 11) is 0. The Morgan fingerprint density at radius 2 is 1.74 bits per heavy atom. The summed E-state index contributed by atoms with van der Waals surface area (Å²) in [5.41, 5.74) is -4.01. The molecular formula is C25H23F8N3O2. The van der Waals surface area contributed by atoms with E-state index in [4.69, 9.17) is 0 Å². The molecule has 2 aliphatic rings. The second-order valence-corrected chi connectivity index (χ2v) is 9.56. The molecule has 13 heteroatoms. The lowest BCUT2D eigenvalue weighted by atomic mass is 9.98. The molecule has 0 bridgehead atoms. The minimum Gasteiger partial charge on any atom is -0.347 e. The molecule has 2 amide bonds. The van der Waals surface area contributed by atoms with E-state index in [9.17, 15) is 44.7 Å². The largest absolute Gasteiger partial charge is 0.433 e. The average molecular weight is 549 g/mol. The lowest BCUT2D eigenvalue weighted by Crippen LogP contribution is -2.47. The summed E-state index contributed by atoms with van der Waals surface area (Å²) in [5.74, 6) is -5.22. The lowest BCUT2D eigenvalue weighted by molar-refractivity contribution is -0.141. The number of halogens is 8. The third kappa shape index (κ3) is 5.75. The fourth-order valence-electron chi connectivity index (χ4n) is 4.70. The number of nitrogens with one attached hydrogen (secondary N) is 1. The molecule has 3 atom stereocenters. The number of aromatic nitrogens is 1. The number of likely N-dealkylation sites (tertiary alicyclic amines) is 1. The molecule has 5 nitrogen and oxygen atoms in total. The smallest absolute Gasteiger partial charge is 0.347 e. The van der Waals surface area contributed by atoms with Crippen molar-refractivity contribution < 1.29 is 44.7 Å². The van der Waals surface area contributed by atoms with Gasteiger partial charge in [0.25, 0.3) is 5.91 Å². The van der Waals surface area contributed by atoms with Gasteiger partial charge in [0.05, 0.1) is 11.6 Å². The second-order valence-electron chi connectivity index (χ2n) is 9.56. The van der Waals surface area contributed by atoms with E-state index < -0.39 is 70.4 Å². The van der Waals surface area contributed by atoms with Crippen LogP contribution in [-0.2, 0) is 17.1 Å². The van der Waals surface area contributed by atoms with Crippen LogP contribution in [0, 0.1) is 23.5 Å². The third-order valence-corrected chi connectivity index (χ3v) is 6.91. The van der Waals surface area contributed by atoms with E-state index in [1.54, 1.807) is 0 Å². The maximum Gasteiger partial charge on any atom is 0.433 e. The first-order valence-corrected chi connectivity index (χ1v) is 11.9. The summed E-state index contributed by atoms with van der Waals surface area (Å²) in [6, 6.07) is 0.994. The second kappa shape index (κ2) is 10.1. The van der Waals surface area contributed by atoms with Crippen molar-refractivity contribution in [3.8, 4) is 0 Å². The minimum atomic E-state index is -5.11. The SMILES string of the molecule is CC[C@@H]1C[C@H](C(=O)NC(c2cc(F)c(C(F)(F)F)cc2F)C2CC2)N(C(=O)c2cccc(C(F)(F)F)n2)C1. The first-order valence-electron chi connectivity index (χ1n) is 11.9. The van der Waals surface area contributed by atoms with Gasteiger partial charge in [-0.05, 0) is 55.4 Å². The van der Waals surface area contributed by atoms with E-state index in [1.165, 1.54) is 0 Å². The number of hydrogen-bond acceptors (Lipinski definition) is 3. The van der Waals surface area contributed by atoms with Crippen LogP contribution in [0.15, 0.2) is 30.3 Å². The van der Waals surface area contributed by atoms with Crippen molar-refractivity contribution >= 4 is 11.8 Å². The van der Waals surface area contributed by atoms with Crippen molar-refractivity contribution in [1.82, 2.24) is 15.2 Å². The summed E-state index contributed by atoms with van der Waals surface area (Å²) >= 11 is 0. The van der Waals surface area contributed by atoms with Gasteiger partial charge in [-0.3, -0.25) is 9.59 Å². The Balaban J connectivity index is 1.60. The number of amides is 2. The highest BCUT2D eigenvalue weighted by molar-refractivity contribution is 5.96. The molecule has 1 aliphatic heterocycles. The number of hydrogen-bond donors (Lipinski definition) is 1. The fourth-order valence-corrected chi connectivity index (χ4v) is 4.70. The van der Waals surface area contributed by atoms with Gasteiger partial charge < -0.3 is 10.2 Å². The summed E-state index contributed by atoms with van der Waals surface area (Å²) in [5, 5.41) is 2.56. The number of carbonyl (C=O) groups is 2. The van der Waals surface area contributed by atoms with Crippen LogP contribution in [0.2, 0.25) is 0 Å². The van der Waals surface area contributed by atoms with Gasteiger partial charge >= 0.3 is 12.4 Å². The minimum absolute atomic E-state index is 0.0457. The van der Waals surface area contributed by atoms with Gasteiger partial charge in [0, 0.05) is 12.1 Å². The van der Waals surface area contributed by atoms with Crippen molar-refractivity contribution in [1.29, 1.82) is 0 Å². The van der Waals surface area contributed by atoms with Crippen molar-refractivity contribution in [2.24, 2.45) is 11.8 Å². The Morgan fingerprint density at radius 1 is 1.05 bits per heavy atom. The standard InChI is InChI=1S/C25H23F8N3O2/c1-2-12-8-19(36(11-12)23(38)18-4-3-5-20(34-18)25(31,32)33)22(37)35-21(13-6-7-13)14-9-17(27)15(10-16(14)26)24(28,29)30/h3-5,9-10,12-13,19,21H,2,6-8,11H2,1H3,(H,35,37)/t12-,19-,21?/m1/s1. The normalized spacial score (nSPS) is 20.9. The van der Waals surface area contributed by atoms with Crippen LogP contribution in [0.4, 0.5) is 35.1 Å². The number of rotatable bonds is 6. The van der Waals surface area contributed by atoms with E-state index in [0.29, 0.717) is 31.4 Å². The molecule has 1 saturated carbocycles.